The van der Waals surface area contributed by atoms with E-state index in [9.17, 15) is 29.4 Å². The third kappa shape index (κ3) is 3.69. The van der Waals surface area contributed by atoms with E-state index in [0.29, 0.717) is 12.0 Å². The van der Waals surface area contributed by atoms with Crippen LogP contribution in [0.2, 0.25) is 0 Å². The molecule has 12 heteroatoms. The van der Waals surface area contributed by atoms with E-state index < -0.39 is 45.2 Å². The Labute approximate surface area is 247 Å². The monoisotopic (exact) mass is 650 g/mol. The summed E-state index contributed by atoms with van der Waals surface area (Å²) in [6.07, 6.45) is 2.40. The van der Waals surface area contributed by atoms with Crippen molar-refractivity contribution >= 4 is 62.8 Å². The van der Waals surface area contributed by atoms with Crippen molar-refractivity contribution in [3.05, 3.63) is 65.1 Å². The van der Waals surface area contributed by atoms with Gasteiger partial charge < -0.3 is 14.6 Å². The van der Waals surface area contributed by atoms with E-state index in [-0.39, 0.29) is 60.5 Å². The van der Waals surface area contributed by atoms with E-state index in [1.807, 2.05) is 6.08 Å². The molecule has 0 spiro atoms. The first-order chi connectivity index (χ1) is 19.1. The third-order valence-electron chi connectivity index (χ3n) is 8.79. The van der Waals surface area contributed by atoms with E-state index >= 15 is 0 Å². The minimum Gasteiger partial charge on any atom is -0.508 e. The number of phenolic OH excluding ortho intramolecular Hbond substituents is 1. The van der Waals surface area contributed by atoms with Crippen molar-refractivity contribution in [2.24, 2.45) is 17.8 Å². The average Bonchev–Trinajstić information content (AvgIpc) is 3.55. The van der Waals surface area contributed by atoms with Gasteiger partial charge in [-0.25, -0.2) is 0 Å². The van der Waals surface area contributed by atoms with Crippen LogP contribution in [-0.2, 0) is 32.2 Å². The van der Waals surface area contributed by atoms with E-state index in [1.54, 1.807) is 36.4 Å². The van der Waals surface area contributed by atoms with E-state index in [1.165, 1.54) is 4.90 Å². The molecule has 40 heavy (non-hydrogen) atoms. The van der Waals surface area contributed by atoms with Crippen molar-refractivity contribution in [3.8, 4) is 5.75 Å². The minimum atomic E-state index is -1.94. The molecule has 2 aromatic rings. The van der Waals surface area contributed by atoms with Crippen molar-refractivity contribution < 1.29 is 33.8 Å². The second kappa shape index (κ2) is 9.72. The molecule has 3 heterocycles. The minimum absolute atomic E-state index is 0.103. The number of amides is 4. The fourth-order valence-electron chi connectivity index (χ4n) is 6.89. The lowest BCUT2D eigenvalue weighted by molar-refractivity contribution is -0.141. The lowest BCUT2D eigenvalue weighted by Crippen LogP contribution is -2.60. The number of hydrogen-bond donors (Lipinski definition) is 2. The molecule has 0 bridgehead atoms. The standard InChI is InChI=1S/C28H25BrCl2N2O7/c29-13-33-25(38)27(30)11-19-17(22(28(27,31)26(33)39)20-8-5-16(12-34)40-20)6-7-18-21(19)24(37)32(23(18)36)10-9-14-1-3-15(35)4-2-14/h1-6,8,18-19,21-22,34-35H,7,9-13H2. The highest BCUT2D eigenvalue weighted by Crippen LogP contribution is 2.65. The number of allylic oxidation sites excluding steroid dienone is 2. The predicted octanol–water partition coefficient (Wildman–Crippen LogP) is 3.43. The fourth-order valence-corrected chi connectivity index (χ4v) is 8.30. The van der Waals surface area contributed by atoms with Gasteiger partial charge in [0.05, 0.1) is 23.2 Å². The number of nitrogens with zero attached hydrogens (tertiary/aromatic N) is 2. The van der Waals surface area contributed by atoms with Crippen LogP contribution in [-0.4, -0.2) is 65.4 Å². The summed E-state index contributed by atoms with van der Waals surface area (Å²) < 4.78 is 5.86. The van der Waals surface area contributed by atoms with Crippen molar-refractivity contribution in [1.82, 2.24) is 9.80 Å². The van der Waals surface area contributed by atoms with Crippen LogP contribution >= 0.6 is 39.1 Å². The Morgan fingerprint density at radius 2 is 1.70 bits per heavy atom. The highest BCUT2D eigenvalue weighted by Gasteiger charge is 2.76. The first-order valence-electron chi connectivity index (χ1n) is 12.9. The Balaban J connectivity index is 1.39. The smallest absolute Gasteiger partial charge is 0.254 e. The van der Waals surface area contributed by atoms with Gasteiger partial charge in [0.2, 0.25) is 11.8 Å². The molecule has 1 saturated carbocycles. The van der Waals surface area contributed by atoms with Gasteiger partial charge >= 0.3 is 0 Å². The summed E-state index contributed by atoms with van der Waals surface area (Å²) in [4.78, 5) is 53.0. The van der Waals surface area contributed by atoms with Gasteiger partial charge in [0, 0.05) is 6.54 Å². The van der Waals surface area contributed by atoms with Crippen LogP contribution in [0.5, 0.6) is 5.75 Å². The van der Waals surface area contributed by atoms with E-state index in [4.69, 9.17) is 27.6 Å². The lowest BCUT2D eigenvalue weighted by atomic mass is 9.57. The van der Waals surface area contributed by atoms with Gasteiger partial charge in [0.25, 0.3) is 11.8 Å². The van der Waals surface area contributed by atoms with Gasteiger partial charge in [-0.3, -0.25) is 29.0 Å². The third-order valence-corrected chi connectivity index (χ3v) is 10.7. The Kier molecular flexibility index (Phi) is 6.68. The Morgan fingerprint density at radius 1 is 0.975 bits per heavy atom. The molecule has 0 radical (unpaired) electrons. The normalized spacial score (nSPS) is 33.2. The van der Waals surface area contributed by atoms with Crippen molar-refractivity contribution in [3.63, 3.8) is 0 Å². The number of benzene rings is 1. The number of rotatable bonds is 6. The fraction of sp³-hybridized carbons (Fsp3) is 0.429. The highest BCUT2D eigenvalue weighted by atomic mass is 79.9. The molecular weight excluding hydrogens is 627 g/mol. The average molecular weight is 652 g/mol. The number of imide groups is 2. The number of carbonyl (C=O) groups is 4. The molecule has 210 valence electrons. The maximum Gasteiger partial charge on any atom is 0.254 e. The number of alkyl halides is 3. The number of fused-ring (bicyclic) bond motifs is 4. The first kappa shape index (κ1) is 27.5. The molecule has 1 aromatic carbocycles. The zero-order valence-electron chi connectivity index (χ0n) is 21.1. The Bertz CT molecular complexity index is 1460. The number of likely N-dealkylation sites (tertiary alicyclic amines) is 2. The number of hydrogen-bond acceptors (Lipinski definition) is 7. The number of furan rings is 1. The Morgan fingerprint density at radius 3 is 2.35 bits per heavy atom. The molecule has 2 saturated heterocycles. The van der Waals surface area contributed by atoms with Crippen molar-refractivity contribution in [1.29, 1.82) is 0 Å². The summed E-state index contributed by atoms with van der Waals surface area (Å²) in [5, 5.41) is 19.2. The topological polar surface area (TPSA) is 128 Å². The summed E-state index contributed by atoms with van der Waals surface area (Å²) in [5.41, 5.74) is 1.38. The zero-order valence-corrected chi connectivity index (χ0v) is 24.2. The van der Waals surface area contributed by atoms with E-state index in [2.05, 4.69) is 15.9 Å². The molecule has 6 rings (SSSR count). The van der Waals surface area contributed by atoms with Gasteiger partial charge in [-0.15, -0.1) is 23.2 Å². The van der Waals surface area contributed by atoms with Crippen molar-refractivity contribution in [2.75, 3.05) is 12.0 Å². The molecule has 1 aromatic heterocycles. The summed E-state index contributed by atoms with van der Waals surface area (Å²) in [7, 11) is 0. The van der Waals surface area contributed by atoms with Gasteiger partial charge in [-0.1, -0.05) is 39.7 Å². The van der Waals surface area contributed by atoms with Crippen LogP contribution in [0.3, 0.4) is 0 Å². The molecular formula is C28H25BrCl2N2O7. The second-order valence-electron chi connectivity index (χ2n) is 10.7. The molecule has 2 N–H and O–H groups in total. The first-order valence-corrected chi connectivity index (χ1v) is 14.8. The maximum absolute atomic E-state index is 13.9. The molecule has 6 unspecified atom stereocenters. The number of halogens is 3. The molecule has 9 nitrogen and oxygen atoms in total. The van der Waals surface area contributed by atoms with Gasteiger partial charge in [-0.2, -0.15) is 0 Å². The summed E-state index contributed by atoms with van der Waals surface area (Å²) in [5.74, 6) is -4.42. The number of aliphatic hydroxyl groups excluding tert-OH is 1. The predicted molar refractivity (Wildman–Crippen MR) is 147 cm³/mol. The SMILES string of the molecule is O=C1C2CC=C3C(CC4(Cl)C(=O)N(CBr)C(=O)C4(Cl)C3c3ccc(CO)o3)C2C(=O)N1CCc1ccc(O)cc1. The van der Waals surface area contributed by atoms with Gasteiger partial charge in [0.15, 0.2) is 9.75 Å². The molecule has 3 fully saturated rings. The van der Waals surface area contributed by atoms with Crippen LogP contribution in [0, 0.1) is 17.8 Å². The molecule has 4 amide bonds. The molecule has 2 aliphatic carbocycles. The van der Waals surface area contributed by atoms with Crippen LogP contribution in [0.25, 0.3) is 0 Å². The Hall–Kier alpha value is -2.66. The van der Waals surface area contributed by atoms with Crippen LogP contribution in [0.1, 0.15) is 35.8 Å². The van der Waals surface area contributed by atoms with Crippen LogP contribution in [0.4, 0.5) is 0 Å². The summed E-state index contributed by atoms with van der Waals surface area (Å²) in [6, 6.07) is 9.71. The van der Waals surface area contributed by atoms with Gasteiger partial charge in [0.1, 0.15) is 23.9 Å². The van der Waals surface area contributed by atoms with Crippen molar-refractivity contribution in [2.45, 2.75) is 41.5 Å². The summed E-state index contributed by atoms with van der Waals surface area (Å²) in [6.45, 7) is -0.218. The maximum atomic E-state index is 13.9. The molecule has 2 aliphatic heterocycles. The summed E-state index contributed by atoms with van der Waals surface area (Å²) >= 11 is 17.4. The number of aliphatic hydroxyl groups is 1. The number of phenols is 1. The highest BCUT2D eigenvalue weighted by molar-refractivity contribution is 9.09. The second-order valence-corrected chi connectivity index (χ2v) is 12.4. The van der Waals surface area contributed by atoms with Gasteiger partial charge in [-0.05, 0) is 55.0 Å². The van der Waals surface area contributed by atoms with E-state index in [0.717, 1.165) is 10.5 Å². The number of aromatic hydroxyl groups is 1. The molecule has 4 aliphatic rings. The lowest BCUT2D eigenvalue weighted by Gasteiger charge is -2.49. The molecule has 6 atom stereocenters. The quantitative estimate of drug-likeness (QED) is 0.212. The largest absolute Gasteiger partial charge is 0.508 e. The number of carbonyl (C=O) groups excluding carboxylic acids is 4. The zero-order chi connectivity index (χ0) is 28.6. The van der Waals surface area contributed by atoms with Crippen LogP contribution in [0.15, 0.2) is 52.5 Å². The van der Waals surface area contributed by atoms with Crippen LogP contribution < -0.4 is 0 Å².